The number of hydrogen-bond acceptors (Lipinski definition) is 4. The fourth-order valence-corrected chi connectivity index (χ4v) is 6.34. The fourth-order valence-electron chi connectivity index (χ4n) is 6.15. The third-order valence-electron chi connectivity index (χ3n) is 8.36. The van der Waals surface area contributed by atoms with E-state index >= 15 is 0 Å². The Morgan fingerprint density at radius 2 is 1.81 bits per heavy atom. The number of halogens is 4. The number of nitrogens with one attached hydrogen (secondary N) is 1. The third kappa shape index (κ3) is 5.60. The number of carbonyl (C=O) groups excluding carboxylic acids is 2. The Balaban J connectivity index is 0.000000405. The van der Waals surface area contributed by atoms with Crippen molar-refractivity contribution in [3.05, 3.63) is 34.9 Å². The van der Waals surface area contributed by atoms with E-state index in [-0.39, 0.29) is 28.7 Å². The van der Waals surface area contributed by atoms with Crippen LogP contribution in [-0.4, -0.2) is 77.1 Å². The molecule has 3 aliphatic heterocycles. The first-order chi connectivity index (χ1) is 17.4. The van der Waals surface area contributed by atoms with Crippen LogP contribution in [-0.2, 0) is 19.8 Å². The van der Waals surface area contributed by atoms with E-state index in [0.717, 1.165) is 64.0 Å². The molecular weight excluding hydrogens is 511 g/mol. The molecule has 1 aromatic carbocycles. The van der Waals surface area contributed by atoms with E-state index in [1.807, 2.05) is 29.2 Å². The lowest BCUT2D eigenvalue weighted by molar-refractivity contribution is -0.192. The number of carboxylic acid groups (broad SMARTS) is 1. The number of hydrogen-bond donors (Lipinski definition) is 2. The third-order valence-corrected chi connectivity index (χ3v) is 8.60. The van der Waals surface area contributed by atoms with Crippen molar-refractivity contribution in [2.75, 3.05) is 32.7 Å². The van der Waals surface area contributed by atoms with Gasteiger partial charge in [0.05, 0.1) is 11.3 Å². The summed E-state index contributed by atoms with van der Waals surface area (Å²) >= 11 is 6.19. The normalized spacial score (nSPS) is 25.8. The number of alkyl halides is 3. The van der Waals surface area contributed by atoms with Gasteiger partial charge in [-0.25, -0.2) is 4.79 Å². The van der Waals surface area contributed by atoms with Crippen LogP contribution < -0.4 is 5.32 Å². The monoisotopic (exact) mass is 543 g/mol. The molecule has 1 aromatic rings. The molecule has 1 aliphatic carbocycles. The van der Waals surface area contributed by atoms with Gasteiger partial charge in [-0.1, -0.05) is 37.1 Å². The smallest absolute Gasteiger partial charge is 0.475 e. The van der Waals surface area contributed by atoms with E-state index in [1.54, 1.807) is 0 Å². The highest BCUT2D eigenvalue weighted by Gasteiger charge is 2.59. The predicted molar refractivity (Wildman–Crippen MR) is 131 cm³/mol. The second-order valence-corrected chi connectivity index (χ2v) is 11.1. The van der Waals surface area contributed by atoms with Crippen LogP contribution in [0.25, 0.3) is 0 Å². The summed E-state index contributed by atoms with van der Waals surface area (Å²) in [5, 5.41) is 11.2. The van der Waals surface area contributed by atoms with Crippen LogP contribution in [0.1, 0.15) is 51.0 Å². The highest BCUT2D eigenvalue weighted by Crippen LogP contribution is 2.51. The average Bonchev–Trinajstić information content (AvgIpc) is 3.48. The molecule has 1 spiro atoms. The SMILES string of the molecule is CCCCN1C[C@H]2C(=O)NC3(CCN(C(=O)C4(c5cccc(Cl)c5)CC4)CC3)[C@H]2C1.O=C(O)C(F)(F)F. The summed E-state index contributed by atoms with van der Waals surface area (Å²) < 4.78 is 31.7. The summed E-state index contributed by atoms with van der Waals surface area (Å²) in [6.07, 6.45) is 0.859. The van der Waals surface area contributed by atoms with Gasteiger partial charge >= 0.3 is 12.1 Å². The van der Waals surface area contributed by atoms with Crippen LogP contribution in [0.2, 0.25) is 5.02 Å². The number of fused-ring (bicyclic) bond motifs is 2. The van der Waals surface area contributed by atoms with Crippen molar-refractivity contribution in [3.8, 4) is 0 Å². The number of unbranched alkanes of at least 4 members (excludes halogenated alkanes) is 1. The van der Waals surface area contributed by atoms with Crippen LogP contribution in [0, 0.1) is 11.8 Å². The lowest BCUT2D eigenvalue weighted by Crippen LogP contribution is -2.57. The summed E-state index contributed by atoms with van der Waals surface area (Å²) in [6, 6.07) is 7.78. The Hall–Kier alpha value is -2.33. The standard InChI is InChI=1S/C24H32ClN3O2.C2HF3O2/c1-2-3-11-27-15-19-20(16-27)24(26-21(19)29)9-12-28(13-10-24)22(30)23(7-8-23)17-5-4-6-18(25)14-17;3-2(4,5)1(6)7/h4-6,14,19-20H,2-3,7-13,15-16H2,1H3,(H,26,29);(H,6,7)/t19-,20+;/m1./s1. The minimum absolute atomic E-state index is 0.119. The molecule has 0 unspecified atom stereocenters. The number of likely N-dealkylation sites (tertiary alicyclic amines) is 2. The predicted octanol–water partition coefficient (Wildman–Crippen LogP) is 3.84. The van der Waals surface area contributed by atoms with Gasteiger partial charge in [0.2, 0.25) is 11.8 Å². The van der Waals surface area contributed by atoms with Crippen LogP contribution in [0.5, 0.6) is 0 Å². The number of carbonyl (C=O) groups is 3. The first kappa shape index (κ1) is 27.7. The molecule has 2 amide bonds. The van der Waals surface area contributed by atoms with E-state index in [4.69, 9.17) is 21.5 Å². The van der Waals surface area contributed by atoms with Gasteiger partial charge in [-0.15, -0.1) is 0 Å². The zero-order valence-corrected chi connectivity index (χ0v) is 21.6. The maximum Gasteiger partial charge on any atom is 0.490 e. The largest absolute Gasteiger partial charge is 0.490 e. The second kappa shape index (κ2) is 10.4. The Morgan fingerprint density at radius 1 is 1.16 bits per heavy atom. The minimum atomic E-state index is -5.08. The van der Waals surface area contributed by atoms with E-state index in [1.165, 1.54) is 12.8 Å². The van der Waals surface area contributed by atoms with E-state index < -0.39 is 12.1 Å². The number of carboxylic acids is 1. The minimum Gasteiger partial charge on any atom is -0.475 e. The highest BCUT2D eigenvalue weighted by molar-refractivity contribution is 6.30. The molecule has 5 rings (SSSR count). The number of rotatable bonds is 5. The lowest BCUT2D eigenvalue weighted by atomic mass is 9.75. The van der Waals surface area contributed by atoms with Gasteiger partial charge in [-0.05, 0) is 56.3 Å². The lowest BCUT2D eigenvalue weighted by Gasteiger charge is -2.43. The molecule has 7 nitrogen and oxygen atoms in total. The highest BCUT2D eigenvalue weighted by atomic mass is 35.5. The number of piperidine rings is 1. The van der Waals surface area contributed by atoms with Gasteiger partial charge in [-0.3, -0.25) is 9.59 Å². The van der Waals surface area contributed by atoms with Gasteiger partial charge in [-0.2, -0.15) is 13.2 Å². The van der Waals surface area contributed by atoms with Crippen LogP contribution in [0.4, 0.5) is 13.2 Å². The van der Waals surface area contributed by atoms with E-state index in [0.29, 0.717) is 10.9 Å². The number of aliphatic carboxylic acids is 1. The number of amides is 2. The Morgan fingerprint density at radius 3 is 2.35 bits per heavy atom. The summed E-state index contributed by atoms with van der Waals surface area (Å²) in [4.78, 5) is 39.6. The fraction of sp³-hybridized carbons (Fsp3) is 0.654. The molecule has 4 fully saturated rings. The molecule has 37 heavy (non-hydrogen) atoms. The average molecular weight is 544 g/mol. The van der Waals surface area contributed by atoms with E-state index in [9.17, 15) is 22.8 Å². The zero-order chi connectivity index (χ0) is 27.0. The molecule has 0 radical (unpaired) electrons. The van der Waals surface area contributed by atoms with Crippen molar-refractivity contribution in [2.45, 2.75) is 62.6 Å². The molecular formula is C26H33ClF3N3O4. The van der Waals surface area contributed by atoms with Gasteiger partial charge in [0.1, 0.15) is 0 Å². The van der Waals surface area contributed by atoms with Gasteiger partial charge < -0.3 is 20.2 Å². The Kier molecular flexibility index (Phi) is 7.82. The topological polar surface area (TPSA) is 90.0 Å². The van der Waals surface area contributed by atoms with Crippen LogP contribution in [0.15, 0.2) is 24.3 Å². The Bertz CT molecular complexity index is 1040. The quantitative estimate of drug-likeness (QED) is 0.589. The first-order valence-electron chi connectivity index (χ1n) is 12.8. The molecule has 4 aliphatic rings. The zero-order valence-electron chi connectivity index (χ0n) is 20.8. The molecule has 204 valence electrons. The van der Waals surface area contributed by atoms with Crippen molar-refractivity contribution in [1.82, 2.24) is 15.1 Å². The molecule has 11 heteroatoms. The molecule has 2 atom stereocenters. The second-order valence-electron chi connectivity index (χ2n) is 10.7. The number of nitrogens with zero attached hydrogens (tertiary/aromatic N) is 2. The van der Waals surface area contributed by atoms with Crippen molar-refractivity contribution in [3.63, 3.8) is 0 Å². The maximum absolute atomic E-state index is 13.4. The van der Waals surface area contributed by atoms with Crippen molar-refractivity contribution >= 4 is 29.4 Å². The number of benzene rings is 1. The first-order valence-corrected chi connectivity index (χ1v) is 13.2. The molecule has 1 saturated carbocycles. The van der Waals surface area contributed by atoms with Crippen molar-refractivity contribution in [2.24, 2.45) is 11.8 Å². The van der Waals surface area contributed by atoms with Crippen LogP contribution >= 0.6 is 11.6 Å². The van der Waals surface area contributed by atoms with Crippen LogP contribution in [0.3, 0.4) is 0 Å². The van der Waals surface area contributed by atoms with Gasteiger partial charge in [0, 0.05) is 42.7 Å². The summed E-state index contributed by atoms with van der Waals surface area (Å²) in [7, 11) is 0. The van der Waals surface area contributed by atoms with Gasteiger partial charge in [0.25, 0.3) is 0 Å². The van der Waals surface area contributed by atoms with E-state index in [2.05, 4.69) is 17.1 Å². The van der Waals surface area contributed by atoms with Gasteiger partial charge in [0.15, 0.2) is 0 Å². The molecule has 3 saturated heterocycles. The molecule has 0 aromatic heterocycles. The van der Waals surface area contributed by atoms with Crippen molar-refractivity contribution < 1.29 is 32.7 Å². The van der Waals surface area contributed by atoms with Crippen molar-refractivity contribution in [1.29, 1.82) is 0 Å². The molecule has 0 bridgehead atoms. The Labute approximate surface area is 219 Å². The molecule has 2 N–H and O–H groups in total. The maximum atomic E-state index is 13.4. The summed E-state index contributed by atoms with van der Waals surface area (Å²) in [5.74, 6) is -1.76. The molecule has 3 heterocycles. The summed E-state index contributed by atoms with van der Waals surface area (Å²) in [6.45, 7) is 6.70. The summed E-state index contributed by atoms with van der Waals surface area (Å²) in [5.41, 5.74) is 0.560.